The number of rotatable bonds is 5. The summed E-state index contributed by atoms with van der Waals surface area (Å²) in [5, 5.41) is 9.44. The van der Waals surface area contributed by atoms with E-state index in [9.17, 15) is 5.11 Å². The van der Waals surface area contributed by atoms with Crippen LogP contribution in [0.5, 0.6) is 0 Å². The van der Waals surface area contributed by atoms with Gasteiger partial charge in [0.05, 0.1) is 18.3 Å². The van der Waals surface area contributed by atoms with Crippen molar-refractivity contribution in [3.63, 3.8) is 0 Å². The van der Waals surface area contributed by atoms with Crippen molar-refractivity contribution in [2.45, 2.75) is 39.1 Å². The first-order chi connectivity index (χ1) is 7.95. The molecule has 3 atom stereocenters. The highest BCUT2D eigenvalue weighted by Gasteiger charge is 2.17. The Morgan fingerprint density at radius 3 is 2.53 bits per heavy atom. The fraction of sp³-hybridized carbons (Fsp3) is 0.538. The zero-order valence-electron chi connectivity index (χ0n) is 10.5. The maximum Gasteiger partial charge on any atom is 0.0952 e. The molecular weight excluding hydrogens is 282 g/mol. The largest absolute Gasteiger partial charge is 0.391 e. The van der Waals surface area contributed by atoms with E-state index in [1.165, 1.54) is 0 Å². The molecule has 0 aliphatic heterocycles. The Bertz CT molecular complexity index is 368. The number of hydrogen-bond acceptors (Lipinski definition) is 3. The summed E-state index contributed by atoms with van der Waals surface area (Å²) in [6, 6.07) is 6.03. The van der Waals surface area contributed by atoms with Crippen LogP contribution >= 0.6 is 15.9 Å². The third-order valence-electron chi connectivity index (χ3n) is 2.83. The van der Waals surface area contributed by atoms with Crippen LogP contribution in [0.1, 0.15) is 31.1 Å². The van der Waals surface area contributed by atoms with Crippen LogP contribution in [0.25, 0.3) is 0 Å². The first-order valence-corrected chi connectivity index (χ1v) is 6.54. The van der Waals surface area contributed by atoms with Crippen molar-refractivity contribution in [1.82, 2.24) is 0 Å². The third-order valence-corrected chi connectivity index (χ3v) is 3.72. The lowest BCUT2D eigenvalue weighted by atomic mass is 10.1. The fourth-order valence-electron chi connectivity index (χ4n) is 1.51. The molecule has 3 unspecified atom stereocenters. The molecule has 0 bridgehead atoms. The molecule has 17 heavy (non-hydrogen) atoms. The second kappa shape index (κ2) is 6.50. The van der Waals surface area contributed by atoms with Crippen LogP contribution in [0.4, 0.5) is 0 Å². The minimum absolute atomic E-state index is 0.175. The molecule has 0 spiro atoms. The second-order valence-corrected chi connectivity index (χ2v) is 5.17. The van der Waals surface area contributed by atoms with Gasteiger partial charge in [-0.25, -0.2) is 0 Å². The van der Waals surface area contributed by atoms with E-state index in [4.69, 9.17) is 10.5 Å². The average molecular weight is 302 g/mol. The average Bonchev–Trinajstić information content (AvgIpc) is 2.29. The highest BCUT2D eigenvalue weighted by Crippen LogP contribution is 2.24. The zero-order chi connectivity index (χ0) is 13.0. The first-order valence-electron chi connectivity index (χ1n) is 5.75. The predicted octanol–water partition coefficient (Wildman–Crippen LogP) is 2.54. The van der Waals surface area contributed by atoms with Gasteiger partial charge in [-0.15, -0.1) is 0 Å². The van der Waals surface area contributed by atoms with Gasteiger partial charge in [-0.3, -0.25) is 0 Å². The Labute approximate surface area is 111 Å². The summed E-state index contributed by atoms with van der Waals surface area (Å²) < 4.78 is 6.82. The maximum atomic E-state index is 9.44. The Hall–Kier alpha value is -0.420. The monoisotopic (exact) mass is 301 g/mol. The number of aryl methyl sites for hydroxylation is 1. The van der Waals surface area contributed by atoms with Crippen molar-refractivity contribution in [2.75, 3.05) is 6.54 Å². The maximum absolute atomic E-state index is 9.44. The number of halogens is 1. The van der Waals surface area contributed by atoms with Crippen LogP contribution in [0.3, 0.4) is 0 Å². The highest BCUT2D eigenvalue weighted by atomic mass is 79.9. The lowest BCUT2D eigenvalue weighted by molar-refractivity contribution is -0.0591. The van der Waals surface area contributed by atoms with E-state index in [0.717, 1.165) is 15.6 Å². The van der Waals surface area contributed by atoms with Crippen molar-refractivity contribution in [1.29, 1.82) is 0 Å². The van der Waals surface area contributed by atoms with Crippen LogP contribution in [0, 0.1) is 6.92 Å². The Balaban J connectivity index is 2.82. The van der Waals surface area contributed by atoms with Gasteiger partial charge in [0.15, 0.2) is 0 Å². The summed E-state index contributed by atoms with van der Waals surface area (Å²) >= 11 is 3.46. The first kappa shape index (κ1) is 14.6. The van der Waals surface area contributed by atoms with E-state index >= 15 is 0 Å². The standard InChI is InChI=1S/C13H20BrNO2/c1-8-6-11(4-5-12(8)14)13(7-15)17-10(3)9(2)16/h4-6,9-10,13,16H,7,15H2,1-3H3. The van der Waals surface area contributed by atoms with Crippen LogP contribution in [0.15, 0.2) is 22.7 Å². The summed E-state index contributed by atoms with van der Waals surface area (Å²) in [6.07, 6.45) is -0.903. The third kappa shape index (κ3) is 4.07. The van der Waals surface area contributed by atoms with E-state index in [2.05, 4.69) is 22.0 Å². The summed E-state index contributed by atoms with van der Waals surface area (Å²) in [4.78, 5) is 0. The number of benzene rings is 1. The molecule has 0 saturated carbocycles. The molecule has 0 radical (unpaired) electrons. The van der Waals surface area contributed by atoms with Gasteiger partial charge >= 0.3 is 0 Å². The van der Waals surface area contributed by atoms with Crippen molar-refractivity contribution in [3.05, 3.63) is 33.8 Å². The number of ether oxygens (including phenoxy) is 1. The lowest BCUT2D eigenvalue weighted by Gasteiger charge is -2.23. The Morgan fingerprint density at radius 2 is 2.06 bits per heavy atom. The molecule has 0 heterocycles. The Morgan fingerprint density at radius 1 is 1.41 bits per heavy atom. The van der Waals surface area contributed by atoms with Gasteiger partial charge in [0.25, 0.3) is 0 Å². The van der Waals surface area contributed by atoms with E-state index in [1.54, 1.807) is 6.92 Å². The summed E-state index contributed by atoms with van der Waals surface area (Å²) in [7, 11) is 0. The number of nitrogens with two attached hydrogens (primary N) is 1. The summed E-state index contributed by atoms with van der Waals surface area (Å²) in [6.45, 7) is 5.99. The number of aliphatic hydroxyl groups is 1. The lowest BCUT2D eigenvalue weighted by Crippen LogP contribution is -2.28. The topological polar surface area (TPSA) is 55.5 Å². The van der Waals surface area contributed by atoms with Crippen molar-refractivity contribution < 1.29 is 9.84 Å². The zero-order valence-corrected chi connectivity index (χ0v) is 12.1. The van der Waals surface area contributed by atoms with Gasteiger partial charge in [0.2, 0.25) is 0 Å². The molecule has 96 valence electrons. The van der Waals surface area contributed by atoms with E-state index in [0.29, 0.717) is 6.54 Å². The molecule has 0 aromatic heterocycles. The smallest absolute Gasteiger partial charge is 0.0952 e. The minimum atomic E-state index is -0.499. The van der Waals surface area contributed by atoms with Crippen LogP contribution in [-0.4, -0.2) is 23.9 Å². The predicted molar refractivity (Wildman–Crippen MR) is 72.9 cm³/mol. The van der Waals surface area contributed by atoms with Gasteiger partial charge in [-0.05, 0) is 38.0 Å². The van der Waals surface area contributed by atoms with Crippen LogP contribution < -0.4 is 5.73 Å². The van der Waals surface area contributed by atoms with Crippen molar-refractivity contribution in [3.8, 4) is 0 Å². The second-order valence-electron chi connectivity index (χ2n) is 4.31. The summed E-state index contributed by atoms with van der Waals surface area (Å²) in [5.41, 5.74) is 7.91. The van der Waals surface area contributed by atoms with Crippen LogP contribution in [0.2, 0.25) is 0 Å². The fourth-order valence-corrected chi connectivity index (χ4v) is 1.76. The summed E-state index contributed by atoms with van der Waals surface area (Å²) in [5.74, 6) is 0. The number of aliphatic hydroxyl groups excluding tert-OH is 1. The van der Waals surface area contributed by atoms with Gasteiger partial charge in [0, 0.05) is 11.0 Å². The SMILES string of the molecule is Cc1cc(C(CN)OC(C)C(C)O)ccc1Br. The van der Waals surface area contributed by atoms with Crippen molar-refractivity contribution >= 4 is 15.9 Å². The van der Waals surface area contributed by atoms with Gasteiger partial charge < -0.3 is 15.6 Å². The van der Waals surface area contributed by atoms with E-state index < -0.39 is 6.10 Å². The molecule has 1 aromatic carbocycles. The quantitative estimate of drug-likeness (QED) is 0.879. The van der Waals surface area contributed by atoms with E-state index in [1.807, 2.05) is 26.0 Å². The van der Waals surface area contributed by atoms with E-state index in [-0.39, 0.29) is 12.2 Å². The molecule has 1 rings (SSSR count). The molecule has 0 aliphatic rings. The molecule has 3 nitrogen and oxygen atoms in total. The molecule has 0 amide bonds. The minimum Gasteiger partial charge on any atom is -0.391 e. The molecular formula is C13H20BrNO2. The molecule has 0 saturated heterocycles. The van der Waals surface area contributed by atoms with Gasteiger partial charge in [-0.2, -0.15) is 0 Å². The highest BCUT2D eigenvalue weighted by molar-refractivity contribution is 9.10. The molecule has 0 fully saturated rings. The normalized spacial score (nSPS) is 16.6. The molecule has 4 heteroatoms. The molecule has 0 aliphatic carbocycles. The molecule has 3 N–H and O–H groups in total. The number of hydrogen-bond donors (Lipinski definition) is 2. The van der Waals surface area contributed by atoms with Crippen LogP contribution in [-0.2, 0) is 4.74 Å². The van der Waals surface area contributed by atoms with Crippen molar-refractivity contribution in [2.24, 2.45) is 5.73 Å². The molecule has 1 aromatic rings. The Kier molecular flexibility index (Phi) is 5.59. The van der Waals surface area contributed by atoms with Gasteiger partial charge in [0.1, 0.15) is 0 Å². The van der Waals surface area contributed by atoms with Gasteiger partial charge in [-0.1, -0.05) is 28.1 Å².